The summed E-state index contributed by atoms with van der Waals surface area (Å²) in [4.78, 5) is 24.7. The quantitative estimate of drug-likeness (QED) is 0.611. The van der Waals surface area contributed by atoms with Gasteiger partial charge in [0, 0.05) is 18.0 Å². The number of thiophene rings is 1. The van der Waals surface area contributed by atoms with Gasteiger partial charge in [0.05, 0.1) is 5.56 Å². The van der Waals surface area contributed by atoms with Crippen molar-refractivity contribution in [2.45, 2.75) is 26.7 Å². The van der Waals surface area contributed by atoms with Gasteiger partial charge in [-0.15, -0.1) is 16.4 Å². The number of nitrogens with zero attached hydrogens (tertiary/aromatic N) is 5. The minimum atomic E-state index is -0.250. The third-order valence-corrected chi connectivity index (χ3v) is 6.37. The number of aromatic hydroxyl groups is 1. The zero-order valence-corrected chi connectivity index (χ0v) is 17.5. The van der Waals surface area contributed by atoms with E-state index in [1.807, 2.05) is 30.9 Å². The Morgan fingerprint density at radius 3 is 2.63 bits per heavy atom. The van der Waals surface area contributed by atoms with Gasteiger partial charge < -0.3 is 15.1 Å². The monoisotopic (exact) mass is 429 g/mol. The highest BCUT2D eigenvalue weighted by molar-refractivity contribution is 7.15. The number of carbonyl (C=O) groups is 2. The second kappa shape index (κ2) is 9.49. The molecule has 1 fully saturated rings. The fraction of sp³-hybridized carbons (Fsp3) is 0.350. The molecule has 1 unspecified atom stereocenters. The van der Waals surface area contributed by atoms with Crippen molar-refractivity contribution in [1.29, 1.82) is 0 Å². The zero-order chi connectivity index (χ0) is 21.7. The van der Waals surface area contributed by atoms with E-state index in [0.717, 1.165) is 41.4 Å². The van der Waals surface area contributed by atoms with Gasteiger partial charge in [-0.1, -0.05) is 12.1 Å². The van der Waals surface area contributed by atoms with E-state index in [4.69, 9.17) is 9.90 Å². The number of carbonyl (C=O) groups excluding carboxylic acids is 1. The van der Waals surface area contributed by atoms with Crippen LogP contribution < -0.4 is 0 Å². The molecular formula is C20H23N5O4S. The van der Waals surface area contributed by atoms with Crippen molar-refractivity contribution in [3.05, 3.63) is 52.2 Å². The van der Waals surface area contributed by atoms with Crippen molar-refractivity contribution >= 4 is 23.7 Å². The molecule has 1 aliphatic heterocycles. The second-order valence-electron chi connectivity index (χ2n) is 7.10. The summed E-state index contributed by atoms with van der Waals surface area (Å²) < 4.78 is 1.57. The Bertz CT molecular complexity index is 1000. The fourth-order valence-corrected chi connectivity index (χ4v) is 4.65. The van der Waals surface area contributed by atoms with Crippen LogP contribution in [0.1, 0.15) is 32.8 Å². The molecule has 1 aliphatic rings. The SMILES string of the molecule is Cc1sc(-n2cnnn2)c(C(=O)N2CCC(Cc3ccc(O)cc3)C2)c1C.O=CO. The van der Waals surface area contributed by atoms with Crippen LogP contribution in [-0.2, 0) is 11.2 Å². The third-order valence-electron chi connectivity index (χ3n) is 5.17. The summed E-state index contributed by atoms with van der Waals surface area (Å²) in [6, 6.07) is 7.32. The minimum absolute atomic E-state index is 0.0514. The van der Waals surface area contributed by atoms with Crippen LogP contribution in [0.25, 0.3) is 5.00 Å². The van der Waals surface area contributed by atoms with Gasteiger partial charge >= 0.3 is 0 Å². The Kier molecular flexibility index (Phi) is 6.78. The summed E-state index contributed by atoms with van der Waals surface area (Å²) in [5.41, 5.74) is 2.89. The molecule has 0 spiro atoms. The summed E-state index contributed by atoms with van der Waals surface area (Å²) in [7, 11) is 0. The smallest absolute Gasteiger partial charge is 0.290 e. The Morgan fingerprint density at radius 2 is 2.00 bits per heavy atom. The first kappa shape index (κ1) is 21.4. The molecule has 0 saturated carbocycles. The largest absolute Gasteiger partial charge is 0.508 e. The lowest BCUT2D eigenvalue weighted by atomic mass is 9.99. The highest BCUT2D eigenvalue weighted by Crippen LogP contribution is 2.33. The Morgan fingerprint density at radius 1 is 1.30 bits per heavy atom. The number of aromatic nitrogens is 4. The molecule has 1 saturated heterocycles. The predicted molar refractivity (Wildman–Crippen MR) is 111 cm³/mol. The minimum Gasteiger partial charge on any atom is -0.508 e. The van der Waals surface area contributed by atoms with Crippen LogP contribution in [0.15, 0.2) is 30.6 Å². The Labute approximate surface area is 177 Å². The first-order valence-corrected chi connectivity index (χ1v) is 10.2. The van der Waals surface area contributed by atoms with Gasteiger partial charge in [-0.05, 0) is 66.3 Å². The van der Waals surface area contributed by atoms with Gasteiger partial charge in [-0.3, -0.25) is 9.59 Å². The van der Waals surface area contributed by atoms with E-state index in [0.29, 0.717) is 11.5 Å². The van der Waals surface area contributed by atoms with Crippen molar-refractivity contribution in [3.8, 4) is 10.8 Å². The molecule has 0 aliphatic carbocycles. The molecule has 0 bridgehead atoms. The van der Waals surface area contributed by atoms with E-state index in [9.17, 15) is 9.90 Å². The van der Waals surface area contributed by atoms with Gasteiger partial charge in [-0.2, -0.15) is 4.68 Å². The maximum Gasteiger partial charge on any atom is 0.290 e. The van der Waals surface area contributed by atoms with Crippen LogP contribution in [0, 0.1) is 19.8 Å². The molecule has 3 aromatic rings. The number of likely N-dealkylation sites (tertiary alicyclic amines) is 1. The van der Waals surface area contributed by atoms with Crippen LogP contribution in [-0.4, -0.2) is 60.8 Å². The van der Waals surface area contributed by atoms with Gasteiger partial charge in [0.2, 0.25) is 0 Å². The van der Waals surface area contributed by atoms with Gasteiger partial charge in [0.1, 0.15) is 17.1 Å². The molecule has 1 aromatic carbocycles. The molecule has 2 aromatic heterocycles. The van der Waals surface area contributed by atoms with Crippen molar-refractivity contribution < 1.29 is 19.8 Å². The number of phenols is 1. The molecular weight excluding hydrogens is 406 g/mol. The highest BCUT2D eigenvalue weighted by atomic mass is 32.1. The summed E-state index contributed by atoms with van der Waals surface area (Å²) >= 11 is 1.54. The van der Waals surface area contributed by atoms with Crippen molar-refractivity contribution in [1.82, 2.24) is 25.1 Å². The number of phenolic OH excluding ortho intramolecular Hbond substituents is 1. The number of benzene rings is 1. The number of aryl methyl sites for hydroxylation is 1. The topological polar surface area (TPSA) is 121 Å². The summed E-state index contributed by atoms with van der Waals surface area (Å²) in [5.74, 6) is 0.756. The Hall–Kier alpha value is -3.27. The van der Waals surface area contributed by atoms with E-state index >= 15 is 0 Å². The van der Waals surface area contributed by atoms with E-state index < -0.39 is 0 Å². The average Bonchev–Trinajstić information content (AvgIpc) is 3.46. The first-order chi connectivity index (χ1) is 14.4. The number of hydrogen-bond acceptors (Lipinski definition) is 7. The zero-order valence-electron chi connectivity index (χ0n) is 16.7. The number of carboxylic acid groups (broad SMARTS) is 1. The molecule has 158 valence electrons. The molecule has 1 amide bonds. The van der Waals surface area contributed by atoms with E-state index in [2.05, 4.69) is 15.5 Å². The van der Waals surface area contributed by atoms with Crippen LogP contribution in [0.4, 0.5) is 0 Å². The van der Waals surface area contributed by atoms with E-state index in [1.54, 1.807) is 16.8 Å². The fourth-order valence-electron chi connectivity index (χ4n) is 3.58. The molecule has 4 rings (SSSR count). The highest BCUT2D eigenvalue weighted by Gasteiger charge is 2.31. The van der Waals surface area contributed by atoms with Crippen LogP contribution in [0.5, 0.6) is 5.75 Å². The average molecular weight is 430 g/mol. The normalized spacial score (nSPS) is 15.5. The molecule has 2 N–H and O–H groups in total. The van der Waals surface area contributed by atoms with Crippen molar-refractivity contribution in [2.24, 2.45) is 5.92 Å². The number of hydrogen-bond donors (Lipinski definition) is 2. The lowest BCUT2D eigenvalue weighted by molar-refractivity contribution is -0.122. The van der Waals surface area contributed by atoms with Gasteiger partial charge in [0.25, 0.3) is 12.4 Å². The van der Waals surface area contributed by atoms with Crippen molar-refractivity contribution in [3.63, 3.8) is 0 Å². The lowest BCUT2D eigenvalue weighted by Gasteiger charge is -2.18. The van der Waals surface area contributed by atoms with E-state index in [1.165, 1.54) is 23.2 Å². The maximum atomic E-state index is 13.3. The van der Waals surface area contributed by atoms with Crippen molar-refractivity contribution in [2.75, 3.05) is 13.1 Å². The molecule has 3 heterocycles. The lowest BCUT2D eigenvalue weighted by Crippen LogP contribution is -2.30. The Balaban J connectivity index is 0.000000806. The van der Waals surface area contributed by atoms with Crippen LogP contribution in [0.2, 0.25) is 0 Å². The molecule has 30 heavy (non-hydrogen) atoms. The summed E-state index contributed by atoms with van der Waals surface area (Å²) in [6.45, 7) is 5.24. The third kappa shape index (κ3) is 4.65. The van der Waals surface area contributed by atoms with E-state index in [-0.39, 0.29) is 18.1 Å². The number of amides is 1. The summed E-state index contributed by atoms with van der Waals surface area (Å²) in [5, 5.41) is 28.4. The second-order valence-corrected chi connectivity index (χ2v) is 8.30. The summed E-state index contributed by atoms with van der Waals surface area (Å²) in [6.07, 6.45) is 3.42. The van der Waals surface area contributed by atoms with Crippen LogP contribution >= 0.6 is 11.3 Å². The molecule has 9 nitrogen and oxygen atoms in total. The molecule has 10 heteroatoms. The van der Waals surface area contributed by atoms with Gasteiger partial charge in [0.15, 0.2) is 0 Å². The number of tetrazole rings is 1. The number of rotatable bonds is 4. The maximum absolute atomic E-state index is 13.3. The van der Waals surface area contributed by atoms with Crippen LogP contribution in [0.3, 0.4) is 0 Å². The van der Waals surface area contributed by atoms with Gasteiger partial charge in [-0.25, -0.2) is 0 Å². The molecule has 1 atom stereocenters. The first-order valence-electron chi connectivity index (χ1n) is 9.43. The standard InChI is InChI=1S/C19H21N5O2S.CH2O2/c1-12-13(2)27-19(24-11-20-21-22-24)17(12)18(26)23-8-7-15(10-23)9-14-3-5-16(25)6-4-14;2-1-3/h3-6,11,15,25H,7-10H2,1-2H3;1H,(H,2,3). The predicted octanol–water partition coefficient (Wildman–Crippen LogP) is 2.45. The molecule has 0 radical (unpaired) electrons.